The summed E-state index contributed by atoms with van der Waals surface area (Å²) in [6.07, 6.45) is 1.21. The third-order valence-electron chi connectivity index (χ3n) is 2.49. The number of rotatable bonds is 6. The molecule has 0 N–H and O–H groups in total. The molecule has 0 saturated carbocycles. The summed E-state index contributed by atoms with van der Waals surface area (Å²) < 4.78 is 6.00. The second-order valence-electron chi connectivity index (χ2n) is 5.22. The number of hydrogen-bond acceptors (Lipinski definition) is 2. The molecule has 0 radical (unpaired) electrons. The maximum atomic E-state index is 11.5. The van der Waals surface area contributed by atoms with Gasteiger partial charge in [0.05, 0.1) is 21.1 Å². The molecule has 0 atom stereocenters. The fourth-order valence-electron chi connectivity index (χ4n) is 1.40. The first-order chi connectivity index (χ1) is 7.97. The van der Waals surface area contributed by atoms with Crippen LogP contribution in [0.1, 0.15) is 12.0 Å². The van der Waals surface area contributed by atoms with Crippen LogP contribution < -0.4 is 24.0 Å². The topological polar surface area (TPSA) is 26.3 Å². The van der Waals surface area contributed by atoms with E-state index in [1.165, 1.54) is 5.56 Å². The van der Waals surface area contributed by atoms with Gasteiger partial charge in [-0.1, -0.05) is 30.3 Å². The van der Waals surface area contributed by atoms with Gasteiger partial charge in [-0.3, -0.25) is 4.79 Å². The number of carbonyl (C=O) groups is 1. The Morgan fingerprint density at radius 3 is 2.33 bits per heavy atom. The average molecular weight is 363 g/mol. The van der Waals surface area contributed by atoms with Gasteiger partial charge >= 0.3 is 5.97 Å². The van der Waals surface area contributed by atoms with Crippen molar-refractivity contribution in [2.24, 2.45) is 0 Å². The van der Waals surface area contributed by atoms with Crippen LogP contribution in [0.15, 0.2) is 30.3 Å². The van der Waals surface area contributed by atoms with Gasteiger partial charge in [-0.15, -0.1) is 0 Å². The molecule has 0 heterocycles. The zero-order valence-corrected chi connectivity index (χ0v) is 13.5. The van der Waals surface area contributed by atoms with Gasteiger partial charge in [0.1, 0.15) is 13.2 Å². The van der Waals surface area contributed by atoms with Gasteiger partial charge in [0.2, 0.25) is 0 Å². The van der Waals surface area contributed by atoms with Crippen molar-refractivity contribution in [2.45, 2.75) is 12.8 Å². The van der Waals surface area contributed by atoms with Crippen LogP contribution in [0.25, 0.3) is 0 Å². The van der Waals surface area contributed by atoms with Gasteiger partial charge in [0.15, 0.2) is 0 Å². The summed E-state index contributed by atoms with van der Waals surface area (Å²) in [5.74, 6) is -0.109. The highest BCUT2D eigenvalue weighted by Crippen LogP contribution is 2.03. The zero-order valence-electron chi connectivity index (χ0n) is 11.4. The number of nitrogens with zero attached hydrogens (tertiary/aromatic N) is 1. The van der Waals surface area contributed by atoms with Crippen molar-refractivity contribution in [3.8, 4) is 0 Å². The van der Waals surface area contributed by atoms with E-state index in [1.807, 2.05) is 30.3 Å². The molecule has 0 aliphatic heterocycles. The van der Waals surface area contributed by atoms with Crippen LogP contribution in [0.3, 0.4) is 0 Å². The smallest absolute Gasteiger partial charge is 0.306 e. The molecule has 1 aromatic carbocycles. The molecule has 0 saturated heterocycles. The van der Waals surface area contributed by atoms with Crippen LogP contribution in [0.5, 0.6) is 0 Å². The van der Waals surface area contributed by atoms with Crippen molar-refractivity contribution in [3.63, 3.8) is 0 Å². The quantitative estimate of drug-likeness (QED) is 0.364. The Morgan fingerprint density at radius 1 is 1.17 bits per heavy atom. The second-order valence-corrected chi connectivity index (χ2v) is 5.22. The molecule has 3 nitrogen and oxygen atoms in total. The van der Waals surface area contributed by atoms with Gasteiger partial charge in [-0.25, -0.2) is 0 Å². The molecule has 0 unspecified atom stereocenters. The van der Waals surface area contributed by atoms with Crippen LogP contribution >= 0.6 is 0 Å². The number of halogens is 1. The molecule has 0 aliphatic carbocycles. The van der Waals surface area contributed by atoms with E-state index in [2.05, 4.69) is 21.1 Å². The van der Waals surface area contributed by atoms with E-state index in [-0.39, 0.29) is 29.9 Å². The lowest BCUT2D eigenvalue weighted by atomic mass is 10.1. The number of likely N-dealkylation sites (N-methyl/N-ethyl adjacent to an activating group) is 1. The first-order valence-corrected chi connectivity index (χ1v) is 5.97. The normalized spacial score (nSPS) is 10.6. The molecule has 0 spiro atoms. The van der Waals surface area contributed by atoms with E-state index in [1.54, 1.807) is 0 Å². The van der Waals surface area contributed by atoms with Crippen LogP contribution in [-0.2, 0) is 16.0 Å². The highest BCUT2D eigenvalue weighted by Gasteiger charge is 2.09. The number of quaternary nitrogens is 1. The molecule has 0 aliphatic rings. The summed E-state index contributed by atoms with van der Waals surface area (Å²) in [6, 6.07) is 10.00. The summed E-state index contributed by atoms with van der Waals surface area (Å²) in [5.41, 5.74) is 1.18. The number of esters is 1. The molecular formula is C14H22INO2. The lowest BCUT2D eigenvalue weighted by molar-refractivity contribution is -0.870. The fraction of sp³-hybridized carbons (Fsp3) is 0.500. The molecule has 0 amide bonds. The van der Waals surface area contributed by atoms with Crippen LogP contribution in [0.4, 0.5) is 0 Å². The van der Waals surface area contributed by atoms with Gasteiger partial charge in [0.25, 0.3) is 0 Å². The lowest BCUT2D eigenvalue weighted by Crippen LogP contribution is -3.00. The number of carbonyl (C=O) groups excluding carboxylic acids is 1. The highest BCUT2D eigenvalue weighted by molar-refractivity contribution is 5.69. The van der Waals surface area contributed by atoms with Crippen molar-refractivity contribution < 1.29 is 38.0 Å². The SMILES string of the molecule is C[N+](C)(C)CCOC(=O)CCc1ccccc1.[I-]. The minimum atomic E-state index is -0.109. The largest absolute Gasteiger partial charge is 1.00 e. The summed E-state index contributed by atoms with van der Waals surface area (Å²) in [4.78, 5) is 11.5. The van der Waals surface area contributed by atoms with Gasteiger partial charge in [-0.2, -0.15) is 0 Å². The van der Waals surface area contributed by atoms with Gasteiger partial charge in [0, 0.05) is 6.42 Å². The third-order valence-corrected chi connectivity index (χ3v) is 2.49. The van der Waals surface area contributed by atoms with Crippen molar-refractivity contribution in [1.82, 2.24) is 0 Å². The summed E-state index contributed by atoms with van der Waals surface area (Å²) in [6.45, 7) is 1.34. The molecule has 18 heavy (non-hydrogen) atoms. The van der Waals surface area contributed by atoms with Gasteiger partial charge in [-0.05, 0) is 12.0 Å². The predicted octanol–water partition coefficient (Wildman–Crippen LogP) is -1.13. The first kappa shape index (κ1) is 17.4. The van der Waals surface area contributed by atoms with Crippen molar-refractivity contribution >= 4 is 5.97 Å². The van der Waals surface area contributed by atoms with Crippen LogP contribution in [-0.4, -0.2) is 44.7 Å². The van der Waals surface area contributed by atoms with Crippen LogP contribution in [0.2, 0.25) is 0 Å². The fourth-order valence-corrected chi connectivity index (χ4v) is 1.40. The summed E-state index contributed by atoms with van der Waals surface area (Å²) in [7, 11) is 6.24. The zero-order chi connectivity index (χ0) is 12.7. The minimum absolute atomic E-state index is 0. The standard InChI is InChI=1S/C14H22NO2.HI/c1-15(2,3)11-12-17-14(16)10-9-13-7-5-4-6-8-13;/h4-8H,9-12H2,1-3H3;1H/q+1;/p-1. The van der Waals surface area contributed by atoms with E-state index >= 15 is 0 Å². The van der Waals surface area contributed by atoms with Crippen LogP contribution in [0, 0.1) is 0 Å². The Bertz CT molecular complexity index is 347. The monoisotopic (exact) mass is 363 g/mol. The molecule has 0 bridgehead atoms. The van der Waals surface area contributed by atoms with Crippen molar-refractivity contribution in [3.05, 3.63) is 35.9 Å². The second kappa shape index (κ2) is 8.48. The van der Waals surface area contributed by atoms with E-state index in [9.17, 15) is 4.79 Å². The number of ether oxygens (including phenoxy) is 1. The molecular weight excluding hydrogens is 341 g/mol. The molecule has 4 heteroatoms. The van der Waals surface area contributed by atoms with Crippen molar-refractivity contribution in [2.75, 3.05) is 34.3 Å². The Balaban J connectivity index is 0.00000289. The van der Waals surface area contributed by atoms with E-state index in [0.29, 0.717) is 13.0 Å². The maximum Gasteiger partial charge on any atom is 0.306 e. The first-order valence-electron chi connectivity index (χ1n) is 5.97. The molecule has 0 aromatic heterocycles. The van der Waals surface area contributed by atoms with E-state index in [4.69, 9.17) is 4.74 Å². The average Bonchev–Trinajstić information content (AvgIpc) is 2.26. The maximum absolute atomic E-state index is 11.5. The Labute approximate surface area is 127 Å². The molecule has 102 valence electrons. The van der Waals surface area contributed by atoms with E-state index < -0.39 is 0 Å². The lowest BCUT2D eigenvalue weighted by Gasteiger charge is -2.23. The number of aryl methyl sites for hydroxylation is 1. The molecule has 0 fully saturated rings. The highest BCUT2D eigenvalue weighted by atomic mass is 127. The Hall–Kier alpha value is -0.620. The van der Waals surface area contributed by atoms with Crippen molar-refractivity contribution in [1.29, 1.82) is 0 Å². The number of hydrogen-bond donors (Lipinski definition) is 0. The predicted molar refractivity (Wildman–Crippen MR) is 68.6 cm³/mol. The summed E-state index contributed by atoms with van der Waals surface area (Å²) in [5, 5.41) is 0. The Kier molecular flexibility index (Phi) is 8.18. The Morgan fingerprint density at radius 2 is 1.78 bits per heavy atom. The van der Waals surface area contributed by atoms with E-state index in [0.717, 1.165) is 17.4 Å². The third kappa shape index (κ3) is 8.47. The molecule has 1 aromatic rings. The summed E-state index contributed by atoms with van der Waals surface area (Å²) >= 11 is 0. The van der Waals surface area contributed by atoms with Gasteiger partial charge < -0.3 is 33.2 Å². The number of benzene rings is 1. The molecule has 1 rings (SSSR count). The minimum Gasteiger partial charge on any atom is -1.00 e.